The molecule has 4 rings (SSSR count). The van der Waals surface area contributed by atoms with Gasteiger partial charge in [0.05, 0.1) is 0 Å². The molecular formula is C25H21F5N2O4. The van der Waals surface area contributed by atoms with E-state index in [-0.39, 0.29) is 47.4 Å². The van der Waals surface area contributed by atoms with Crippen molar-refractivity contribution in [2.45, 2.75) is 31.5 Å². The molecule has 36 heavy (non-hydrogen) atoms. The number of likely N-dealkylation sites (tertiary alicyclic amines) is 1. The first kappa shape index (κ1) is 25.2. The maximum Gasteiger partial charge on any atom is 0.573 e. The topological polar surface area (TPSA) is 85.8 Å². The minimum Gasteiger partial charge on any atom is -0.457 e. The summed E-state index contributed by atoms with van der Waals surface area (Å²) in [4.78, 5) is 25.3. The SMILES string of the molecule is C=C(Cc1cc2cc(-c3ccc(C(=O)N4CCC(F)(F)CC4)cc3)cc(OC(F)(F)F)c2o1)C(N)=O. The average Bonchev–Trinajstić information content (AvgIpc) is 3.20. The van der Waals surface area contributed by atoms with E-state index >= 15 is 0 Å². The Morgan fingerprint density at radius 2 is 1.69 bits per heavy atom. The van der Waals surface area contributed by atoms with Crippen LogP contribution in [0.25, 0.3) is 22.1 Å². The van der Waals surface area contributed by atoms with Gasteiger partial charge < -0.3 is 19.8 Å². The Morgan fingerprint density at radius 1 is 1.06 bits per heavy atom. The largest absolute Gasteiger partial charge is 0.573 e. The molecule has 2 heterocycles. The highest BCUT2D eigenvalue weighted by molar-refractivity contribution is 5.95. The Bertz CT molecular complexity index is 1320. The normalized spacial score (nSPS) is 15.6. The van der Waals surface area contributed by atoms with Crippen molar-refractivity contribution >= 4 is 22.8 Å². The van der Waals surface area contributed by atoms with Crippen LogP contribution < -0.4 is 10.5 Å². The van der Waals surface area contributed by atoms with E-state index in [4.69, 9.17) is 10.2 Å². The van der Waals surface area contributed by atoms with Crippen LogP contribution >= 0.6 is 0 Å². The van der Waals surface area contributed by atoms with E-state index in [1.807, 2.05) is 0 Å². The van der Waals surface area contributed by atoms with Gasteiger partial charge >= 0.3 is 6.36 Å². The first-order valence-corrected chi connectivity index (χ1v) is 10.9. The van der Waals surface area contributed by atoms with Crippen molar-refractivity contribution in [1.29, 1.82) is 0 Å². The van der Waals surface area contributed by atoms with Gasteiger partial charge in [0.25, 0.3) is 11.8 Å². The number of rotatable bonds is 6. The second-order valence-corrected chi connectivity index (χ2v) is 8.52. The predicted octanol–water partition coefficient (Wildman–Crippen LogP) is 5.45. The van der Waals surface area contributed by atoms with Crippen molar-refractivity contribution in [3.05, 3.63) is 65.9 Å². The highest BCUT2D eigenvalue weighted by Crippen LogP contribution is 2.38. The maximum atomic E-state index is 13.4. The first-order valence-electron chi connectivity index (χ1n) is 10.9. The minimum absolute atomic E-state index is 0.0187. The molecule has 1 aliphatic rings. The van der Waals surface area contributed by atoms with Crippen LogP contribution in [0.1, 0.15) is 29.0 Å². The third-order valence-electron chi connectivity index (χ3n) is 5.84. The number of amides is 2. The van der Waals surface area contributed by atoms with Gasteiger partial charge in [-0.15, -0.1) is 13.2 Å². The number of ether oxygens (including phenoxy) is 1. The van der Waals surface area contributed by atoms with E-state index in [1.54, 1.807) is 18.2 Å². The van der Waals surface area contributed by atoms with Crippen molar-refractivity contribution in [3.8, 4) is 16.9 Å². The molecule has 0 radical (unpaired) electrons. The molecule has 11 heteroatoms. The summed E-state index contributed by atoms with van der Waals surface area (Å²) in [6.07, 6.45) is -5.89. The highest BCUT2D eigenvalue weighted by atomic mass is 19.4. The molecule has 2 amide bonds. The summed E-state index contributed by atoms with van der Waals surface area (Å²) >= 11 is 0. The van der Waals surface area contributed by atoms with E-state index in [1.165, 1.54) is 23.1 Å². The number of primary amides is 1. The number of furan rings is 1. The summed E-state index contributed by atoms with van der Waals surface area (Å²) in [6.45, 7) is 3.39. The number of nitrogens with zero attached hydrogens (tertiary/aromatic N) is 1. The number of benzene rings is 2. The smallest absolute Gasteiger partial charge is 0.457 e. The quantitative estimate of drug-likeness (QED) is 0.354. The van der Waals surface area contributed by atoms with E-state index in [2.05, 4.69) is 11.3 Å². The Labute approximate surface area is 202 Å². The number of carbonyl (C=O) groups excluding carboxylic acids is 2. The summed E-state index contributed by atoms with van der Waals surface area (Å²) in [7, 11) is 0. The summed E-state index contributed by atoms with van der Waals surface area (Å²) in [5.41, 5.74) is 6.12. The van der Waals surface area contributed by atoms with Gasteiger partial charge in [-0.05, 0) is 41.5 Å². The van der Waals surface area contributed by atoms with Gasteiger partial charge in [-0.2, -0.15) is 0 Å². The van der Waals surface area contributed by atoms with Crippen molar-refractivity contribution in [2.75, 3.05) is 13.1 Å². The summed E-state index contributed by atoms with van der Waals surface area (Å²) < 4.78 is 75.6. The van der Waals surface area contributed by atoms with E-state index in [0.717, 1.165) is 6.07 Å². The Kier molecular flexibility index (Phi) is 6.50. The number of alkyl halides is 5. The summed E-state index contributed by atoms with van der Waals surface area (Å²) in [5, 5.41) is 0.286. The number of nitrogens with two attached hydrogens (primary N) is 1. The van der Waals surface area contributed by atoms with Crippen molar-refractivity contribution < 1.29 is 40.7 Å². The second kappa shape index (κ2) is 9.29. The van der Waals surface area contributed by atoms with Gasteiger partial charge in [0.1, 0.15) is 5.76 Å². The lowest BCUT2D eigenvalue weighted by Crippen LogP contribution is -2.42. The van der Waals surface area contributed by atoms with Gasteiger partial charge in [-0.1, -0.05) is 18.7 Å². The Balaban J connectivity index is 1.64. The Morgan fingerprint density at radius 3 is 2.28 bits per heavy atom. The lowest BCUT2D eigenvalue weighted by Gasteiger charge is -2.31. The molecule has 0 atom stereocenters. The molecule has 0 spiro atoms. The van der Waals surface area contributed by atoms with Gasteiger partial charge in [0.15, 0.2) is 11.3 Å². The molecular weight excluding hydrogens is 487 g/mol. The lowest BCUT2D eigenvalue weighted by atomic mass is 10.0. The van der Waals surface area contributed by atoms with Crippen LogP contribution in [0.3, 0.4) is 0 Å². The molecule has 2 aromatic carbocycles. The maximum absolute atomic E-state index is 13.4. The summed E-state index contributed by atoms with van der Waals surface area (Å²) in [5.74, 6) is -4.36. The van der Waals surface area contributed by atoms with Crippen LogP contribution in [-0.2, 0) is 11.2 Å². The van der Waals surface area contributed by atoms with E-state index in [0.29, 0.717) is 11.1 Å². The number of hydrogen-bond acceptors (Lipinski definition) is 4. The molecule has 1 fully saturated rings. The summed E-state index contributed by atoms with van der Waals surface area (Å²) in [6, 6.07) is 10.2. The van der Waals surface area contributed by atoms with Gasteiger partial charge in [-0.25, -0.2) is 8.78 Å². The highest BCUT2D eigenvalue weighted by Gasteiger charge is 2.36. The van der Waals surface area contributed by atoms with Gasteiger partial charge in [0.2, 0.25) is 5.91 Å². The third kappa shape index (κ3) is 5.67. The molecule has 1 saturated heterocycles. The van der Waals surface area contributed by atoms with Crippen LogP contribution in [0.4, 0.5) is 22.0 Å². The standard InChI is InChI=1S/C25H21F5N2O4/c1-14(22(31)33)10-19-12-18-11-17(13-20(21(18)35-19)36-25(28,29)30)15-2-4-16(5-3-15)23(34)32-8-6-24(26,27)7-9-32/h2-5,11-13H,1,6-10H2,(H2,31,33). The van der Waals surface area contributed by atoms with Gasteiger partial charge in [-0.3, -0.25) is 9.59 Å². The number of piperidine rings is 1. The molecule has 3 aromatic rings. The minimum atomic E-state index is -4.99. The average molecular weight is 508 g/mol. The predicted molar refractivity (Wildman–Crippen MR) is 120 cm³/mol. The molecule has 1 aliphatic heterocycles. The van der Waals surface area contributed by atoms with Crippen LogP contribution in [0, 0.1) is 0 Å². The van der Waals surface area contributed by atoms with Crippen LogP contribution in [0.15, 0.2) is 59.0 Å². The van der Waals surface area contributed by atoms with Crippen LogP contribution in [0.5, 0.6) is 5.75 Å². The molecule has 0 bridgehead atoms. The van der Waals surface area contributed by atoms with Crippen molar-refractivity contribution in [1.82, 2.24) is 4.90 Å². The van der Waals surface area contributed by atoms with Crippen molar-refractivity contribution in [2.24, 2.45) is 5.73 Å². The van der Waals surface area contributed by atoms with Crippen LogP contribution in [-0.4, -0.2) is 42.1 Å². The zero-order valence-electron chi connectivity index (χ0n) is 18.8. The zero-order valence-corrected chi connectivity index (χ0v) is 18.8. The number of halogens is 5. The monoisotopic (exact) mass is 508 g/mol. The fraction of sp³-hybridized carbons (Fsp3) is 0.280. The fourth-order valence-electron chi connectivity index (χ4n) is 3.95. The third-order valence-corrected chi connectivity index (χ3v) is 5.84. The molecule has 6 nitrogen and oxygen atoms in total. The fourth-order valence-corrected chi connectivity index (χ4v) is 3.95. The lowest BCUT2D eigenvalue weighted by molar-refractivity contribution is -0.274. The Hall–Kier alpha value is -3.89. The molecule has 190 valence electrons. The number of carbonyl (C=O) groups is 2. The van der Waals surface area contributed by atoms with Crippen LogP contribution in [0.2, 0.25) is 0 Å². The number of hydrogen-bond donors (Lipinski definition) is 1. The zero-order chi connectivity index (χ0) is 26.3. The van der Waals surface area contributed by atoms with Gasteiger partial charge in [0, 0.05) is 48.9 Å². The second-order valence-electron chi connectivity index (χ2n) is 8.52. The molecule has 0 unspecified atom stereocenters. The molecule has 0 aliphatic carbocycles. The number of fused-ring (bicyclic) bond motifs is 1. The van der Waals surface area contributed by atoms with E-state index in [9.17, 15) is 31.5 Å². The molecule has 1 aromatic heterocycles. The first-order chi connectivity index (χ1) is 16.8. The molecule has 0 saturated carbocycles. The molecule has 2 N–H and O–H groups in total. The van der Waals surface area contributed by atoms with E-state index < -0.39 is 42.7 Å². The van der Waals surface area contributed by atoms with Crippen molar-refractivity contribution in [3.63, 3.8) is 0 Å².